The first-order valence-electron chi connectivity index (χ1n) is 9.15. The molecular weight excluding hydrogens is 364 g/mol. The van der Waals surface area contributed by atoms with Crippen LogP contribution in [0.2, 0.25) is 5.02 Å². The molecule has 0 radical (unpaired) electrons. The highest BCUT2D eigenvalue weighted by Gasteiger charge is 2.23. The van der Waals surface area contributed by atoms with E-state index in [-0.39, 0.29) is 11.8 Å². The Kier molecular flexibility index (Phi) is 6.35. The maximum absolute atomic E-state index is 12.8. The van der Waals surface area contributed by atoms with E-state index in [0.717, 1.165) is 12.2 Å². The molecule has 1 heterocycles. The quantitative estimate of drug-likeness (QED) is 0.804. The molecular formula is C21H23ClN2O3. The molecule has 0 saturated carbocycles. The first-order chi connectivity index (χ1) is 13.1. The SMILES string of the molecule is CCOc1ccc(C(=O)N2CCCN(C(=O)c3ccc(Cl)cc3)CC2)cc1. The molecule has 1 fully saturated rings. The molecule has 0 atom stereocenters. The Balaban J connectivity index is 1.62. The molecule has 5 nitrogen and oxygen atoms in total. The second-order valence-electron chi connectivity index (χ2n) is 6.40. The van der Waals surface area contributed by atoms with Crippen molar-refractivity contribution >= 4 is 23.4 Å². The standard InChI is InChI=1S/C21H23ClN2O3/c1-2-27-19-10-6-17(7-11-19)21(26)24-13-3-12-23(14-15-24)20(25)16-4-8-18(22)9-5-16/h4-11H,2-3,12-15H2,1H3. The Morgan fingerprint density at radius 3 is 1.81 bits per heavy atom. The third kappa shape index (κ3) is 4.80. The summed E-state index contributed by atoms with van der Waals surface area (Å²) in [4.78, 5) is 29.1. The van der Waals surface area contributed by atoms with Crippen molar-refractivity contribution in [1.82, 2.24) is 9.80 Å². The van der Waals surface area contributed by atoms with Crippen molar-refractivity contribution < 1.29 is 14.3 Å². The lowest BCUT2D eigenvalue weighted by atomic mass is 10.2. The highest BCUT2D eigenvalue weighted by molar-refractivity contribution is 6.30. The Morgan fingerprint density at radius 2 is 1.33 bits per heavy atom. The minimum Gasteiger partial charge on any atom is -0.494 e. The highest BCUT2D eigenvalue weighted by Crippen LogP contribution is 2.16. The molecule has 0 unspecified atom stereocenters. The van der Waals surface area contributed by atoms with Gasteiger partial charge in [0.05, 0.1) is 6.61 Å². The summed E-state index contributed by atoms with van der Waals surface area (Å²) in [5, 5.41) is 0.606. The Labute approximate surface area is 164 Å². The first kappa shape index (κ1) is 19.2. The largest absolute Gasteiger partial charge is 0.494 e. The van der Waals surface area contributed by atoms with Crippen LogP contribution in [0.4, 0.5) is 0 Å². The number of benzene rings is 2. The van der Waals surface area contributed by atoms with Gasteiger partial charge in [0, 0.05) is 42.3 Å². The molecule has 142 valence electrons. The number of rotatable bonds is 4. The number of amides is 2. The van der Waals surface area contributed by atoms with Gasteiger partial charge in [-0.25, -0.2) is 0 Å². The van der Waals surface area contributed by atoms with Gasteiger partial charge in [-0.3, -0.25) is 9.59 Å². The van der Waals surface area contributed by atoms with E-state index < -0.39 is 0 Å². The summed E-state index contributed by atoms with van der Waals surface area (Å²) < 4.78 is 5.42. The molecule has 0 bridgehead atoms. The number of hydrogen-bond acceptors (Lipinski definition) is 3. The number of nitrogens with zero attached hydrogens (tertiary/aromatic N) is 2. The van der Waals surface area contributed by atoms with Crippen LogP contribution in [0.3, 0.4) is 0 Å². The van der Waals surface area contributed by atoms with Gasteiger partial charge >= 0.3 is 0 Å². The van der Waals surface area contributed by atoms with E-state index in [1.807, 2.05) is 24.0 Å². The van der Waals surface area contributed by atoms with Crippen LogP contribution in [-0.4, -0.2) is 54.4 Å². The average molecular weight is 387 g/mol. The lowest BCUT2D eigenvalue weighted by Gasteiger charge is -2.22. The van der Waals surface area contributed by atoms with Crippen molar-refractivity contribution in [2.45, 2.75) is 13.3 Å². The summed E-state index contributed by atoms with van der Waals surface area (Å²) in [5.41, 5.74) is 1.25. The van der Waals surface area contributed by atoms with E-state index in [0.29, 0.717) is 48.9 Å². The van der Waals surface area contributed by atoms with Crippen LogP contribution in [0.5, 0.6) is 5.75 Å². The fourth-order valence-electron chi connectivity index (χ4n) is 3.14. The smallest absolute Gasteiger partial charge is 0.253 e. The van der Waals surface area contributed by atoms with Crippen molar-refractivity contribution in [3.8, 4) is 5.75 Å². The first-order valence-corrected chi connectivity index (χ1v) is 9.53. The average Bonchev–Trinajstić information content (AvgIpc) is 2.94. The summed E-state index contributed by atoms with van der Waals surface area (Å²) in [6, 6.07) is 14.1. The predicted molar refractivity (Wildman–Crippen MR) is 105 cm³/mol. The molecule has 1 saturated heterocycles. The van der Waals surface area contributed by atoms with Crippen LogP contribution in [-0.2, 0) is 0 Å². The topological polar surface area (TPSA) is 49.9 Å². The zero-order valence-corrected chi connectivity index (χ0v) is 16.1. The molecule has 2 aromatic rings. The Hall–Kier alpha value is -2.53. The molecule has 2 aromatic carbocycles. The van der Waals surface area contributed by atoms with Crippen molar-refractivity contribution in [1.29, 1.82) is 0 Å². The summed E-state index contributed by atoms with van der Waals surface area (Å²) in [7, 11) is 0. The predicted octanol–water partition coefficient (Wildman–Crippen LogP) is 3.73. The minimum absolute atomic E-state index is 0.0150. The Bertz CT molecular complexity index is 790. The van der Waals surface area contributed by atoms with Gasteiger partial charge in [-0.2, -0.15) is 0 Å². The van der Waals surface area contributed by atoms with Gasteiger partial charge in [-0.1, -0.05) is 11.6 Å². The minimum atomic E-state index is -0.0259. The van der Waals surface area contributed by atoms with Gasteiger partial charge in [0.1, 0.15) is 5.75 Å². The molecule has 27 heavy (non-hydrogen) atoms. The van der Waals surface area contributed by atoms with Gasteiger partial charge in [-0.15, -0.1) is 0 Å². The molecule has 2 amide bonds. The number of carbonyl (C=O) groups excluding carboxylic acids is 2. The maximum Gasteiger partial charge on any atom is 0.253 e. The van der Waals surface area contributed by atoms with Crippen molar-refractivity contribution in [2.75, 3.05) is 32.8 Å². The zero-order chi connectivity index (χ0) is 19.2. The molecule has 1 aliphatic rings. The number of hydrogen-bond donors (Lipinski definition) is 0. The van der Waals surface area contributed by atoms with E-state index in [1.54, 1.807) is 41.3 Å². The van der Waals surface area contributed by atoms with E-state index in [1.165, 1.54) is 0 Å². The fourth-order valence-corrected chi connectivity index (χ4v) is 3.27. The second kappa shape index (κ2) is 8.91. The van der Waals surface area contributed by atoms with Crippen LogP contribution in [0, 0.1) is 0 Å². The molecule has 0 N–H and O–H groups in total. The second-order valence-corrected chi connectivity index (χ2v) is 6.84. The Morgan fingerprint density at radius 1 is 0.852 bits per heavy atom. The molecule has 0 aromatic heterocycles. The lowest BCUT2D eigenvalue weighted by Crippen LogP contribution is -2.37. The number of ether oxygens (including phenoxy) is 1. The van der Waals surface area contributed by atoms with E-state index in [2.05, 4.69) is 0 Å². The summed E-state index contributed by atoms with van der Waals surface area (Å²) >= 11 is 5.89. The molecule has 0 spiro atoms. The van der Waals surface area contributed by atoms with Gasteiger partial charge in [0.2, 0.25) is 0 Å². The monoisotopic (exact) mass is 386 g/mol. The van der Waals surface area contributed by atoms with Crippen LogP contribution < -0.4 is 4.74 Å². The van der Waals surface area contributed by atoms with Gasteiger partial charge in [-0.05, 0) is 61.9 Å². The summed E-state index contributed by atoms with van der Waals surface area (Å²) in [5.74, 6) is 0.713. The zero-order valence-electron chi connectivity index (χ0n) is 15.4. The van der Waals surface area contributed by atoms with Gasteiger partial charge in [0.25, 0.3) is 11.8 Å². The lowest BCUT2D eigenvalue weighted by molar-refractivity contribution is 0.0718. The van der Waals surface area contributed by atoms with Gasteiger partial charge < -0.3 is 14.5 Å². The normalized spacial score (nSPS) is 14.6. The van der Waals surface area contributed by atoms with E-state index in [9.17, 15) is 9.59 Å². The van der Waals surface area contributed by atoms with Crippen molar-refractivity contribution in [3.05, 3.63) is 64.7 Å². The van der Waals surface area contributed by atoms with E-state index >= 15 is 0 Å². The fraction of sp³-hybridized carbons (Fsp3) is 0.333. The van der Waals surface area contributed by atoms with Gasteiger partial charge in [0.15, 0.2) is 0 Å². The van der Waals surface area contributed by atoms with Crippen LogP contribution in [0.1, 0.15) is 34.1 Å². The van der Waals surface area contributed by atoms with Crippen LogP contribution in [0.15, 0.2) is 48.5 Å². The van der Waals surface area contributed by atoms with E-state index in [4.69, 9.17) is 16.3 Å². The highest BCUT2D eigenvalue weighted by atomic mass is 35.5. The molecule has 3 rings (SSSR count). The molecule has 0 aliphatic carbocycles. The third-order valence-corrected chi connectivity index (χ3v) is 4.83. The van der Waals surface area contributed by atoms with Crippen LogP contribution >= 0.6 is 11.6 Å². The molecule has 1 aliphatic heterocycles. The summed E-state index contributed by atoms with van der Waals surface area (Å²) in [6.07, 6.45) is 0.752. The number of halogens is 1. The maximum atomic E-state index is 12.8. The third-order valence-electron chi connectivity index (χ3n) is 4.57. The molecule has 6 heteroatoms. The van der Waals surface area contributed by atoms with Crippen molar-refractivity contribution in [2.24, 2.45) is 0 Å². The number of carbonyl (C=O) groups is 2. The summed E-state index contributed by atoms with van der Waals surface area (Å²) in [6.45, 7) is 4.82. The van der Waals surface area contributed by atoms with Crippen molar-refractivity contribution in [3.63, 3.8) is 0 Å². The van der Waals surface area contributed by atoms with Crippen LogP contribution in [0.25, 0.3) is 0 Å².